The number of para-hydroxylation sites is 1. The number of amides is 1. The van der Waals surface area contributed by atoms with Gasteiger partial charge < -0.3 is 10.6 Å². The molecule has 1 aromatic carbocycles. The summed E-state index contributed by atoms with van der Waals surface area (Å²) in [5.74, 6) is -0.000373. The third kappa shape index (κ3) is 9.32. The van der Waals surface area contributed by atoms with Gasteiger partial charge in [-0.05, 0) is 99.4 Å². The molecule has 47 heavy (non-hydrogen) atoms. The van der Waals surface area contributed by atoms with Gasteiger partial charge in [-0.1, -0.05) is 56.6 Å². The fraction of sp³-hybridized carbons (Fsp3) is 0.412. The number of benzene rings is 1. The van der Waals surface area contributed by atoms with Gasteiger partial charge in [0.1, 0.15) is 11.0 Å². The monoisotopic (exact) mass is 720 g/mol. The van der Waals surface area contributed by atoms with E-state index in [0.717, 1.165) is 42.6 Å². The number of hydrogen-bond acceptors (Lipinski definition) is 8. The van der Waals surface area contributed by atoms with Gasteiger partial charge in [0.05, 0.1) is 22.8 Å². The van der Waals surface area contributed by atoms with Crippen LogP contribution in [0.1, 0.15) is 87.1 Å². The predicted molar refractivity (Wildman–Crippen MR) is 194 cm³/mol. The molecule has 5 rings (SSSR count). The van der Waals surface area contributed by atoms with Crippen LogP contribution >= 0.6 is 36.4 Å². The summed E-state index contributed by atoms with van der Waals surface area (Å²) in [6.45, 7) is 13.8. The van der Waals surface area contributed by atoms with E-state index < -0.39 is 15.9 Å². The number of carbonyl (C=O) groups is 1. The lowest BCUT2D eigenvalue weighted by molar-refractivity contribution is 0.0981. The first kappa shape index (κ1) is 38.4. The average molecular weight is 722 g/mol. The fourth-order valence-corrected chi connectivity index (χ4v) is 6.99. The largest absolute Gasteiger partial charge is 0.362 e. The molecule has 1 aliphatic rings. The maximum absolute atomic E-state index is 13.4. The molecule has 4 aromatic rings. The standard InChI is InChI=1S/C34H41ClN6O3S.2ClH/c1-21-9-7-10-23-17-25(31(35)40-30(21)23)32(42)41-45(43,44)29-12-8-11-28(39-29)38-26(14-13-22-19-34(5,6)37-20-22)27-18-24(15-16-36-27)33(2,3)4;;/h7-12,15-18,22,26,37H,13-14,19-20H2,1-6H3,(H,38,39)(H,41,42);2*1H/t22-,26?;;/m0../s1. The summed E-state index contributed by atoms with van der Waals surface area (Å²) < 4.78 is 28.8. The van der Waals surface area contributed by atoms with Crippen molar-refractivity contribution >= 4 is 69.1 Å². The Labute approximate surface area is 295 Å². The molecule has 13 heteroatoms. The molecule has 4 heterocycles. The van der Waals surface area contributed by atoms with Gasteiger partial charge in [0, 0.05) is 17.1 Å². The SMILES string of the molecule is Cc1cccc2cc(C(=O)NS(=O)(=O)c3cccc(NC(CC[C@@H]4CNC(C)(C)C4)c4cc(C(C)(C)C)ccn4)n3)c(Cl)nc12.Cl.Cl. The normalized spacial score (nSPS) is 16.5. The molecule has 1 unspecified atom stereocenters. The van der Waals surface area contributed by atoms with E-state index in [0.29, 0.717) is 22.6 Å². The molecule has 1 aliphatic heterocycles. The van der Waals surface area contributed by atoms with Crippen LogP contribution in [0.4, 0.5) is 5.82 Å². The van der Waals surface area contributed by atoms with Crippen molar-refractivity contribution in [1.29, 1.82) is 0 Å². The number of nitrogens with one attached hydrogen (secondary N) is 3. The third-order valence-corrected chi connectivity index (χ3v) is 9.85. The summed E-state index contributed by atoms with van der Waals surface area (Å²) in [7, 11) is -4.33. The Bertz CT molecular complexity index is 1850. The lowest BCUT2D eigenvalue weighted by Crippen LogP contribution is -2.31. The third-order valence-electron chi connectivity index (χ3n) is 8.33. The topological polar surface area (TPSA) is 126 Å². The molecule has 3 N–H and O–H groups in total. The summed E-state index contributed by atoms with van der Waals surface area (Å²) in [5, 5.41) is 7.34. The quantitative estimate of drug-likeness (QED) is 0.151. The number of carbonyl (C=O) groups excluding carboxylic acids is 1. The highest BCUT2D eigenvalue weighted by Gasteiger charge is 2.31. The van der Waals surface area contributed by atoms with E-state index in [9.17, 15) is 13.2 Å². The Morgan fingerprint density at radius 2 is 1.81 bits per heavy atom. The van der Waals surface area contributed by atoms with Crippen LogP contribution in [0.15, 0.2) is 65.8 Å². The van der Waals surface area contributed by atoms with Crippen molar-refractivity contribution in [1.82, 2.24) is 25.0 Å². The van der Waals surface area contributed by atoms with Crippen LogP contribution in [0.5, 0.6) is 0 Å². The molecule has 0 aliphatic carbocycles. The van der Waals surface area contributed by atoms with Crippen molar-refractivity contribution in [2.75, 3.05) is 11.9 Å². The van der Waals surface area contributed by atoms with Gasteiger partial charge in [0.2, 0.25) is 0 Å². The molecular weight excluding hydrogens is 679 g/mol. The van der Waals surface area contributed by atoms with E-state index in [-0.39, 0.29) is 57.6 Å². The Kier molecular flexibility index (Phi) is 12.3. The molecule has 1 amide bonds. The molecular formula is C34H43Cl3N6O3S. The van der Waals surface area contributed by atoms with Crippen LogP contribution < -0.4 is 15.4 Å². The lowest BCUT2D eigenvalue weighted by atomic mass is 9.86. The molecule has 3 aromatic heterocycles. The highest BCUT2D eigenvalue weighted by Crippen LogP contribution is 2.32. The number of fused-ring (bicyclic) bond motifs is 1. The highest BCUT2D eigenvalue weighted by molar-refractivity contribution is 7.90. The molecule has 254 valence electrons. The number of nitrogens with zero attached hydrogens (tertiary/aromatic N) is 3. The molecule has 1 saturated heterocycles. The first-order chi connectivity index (χ1) is 21.1. The number of rotatable bonds is 9. The van der Waals surface area contributed by atoms with Crippen molar-refractivity contribution in [2.45, 2.75) is 82.8 Å². The first-order valence-electron chi connectivity index (χ1n) is 15.2. The van der Waals surface area contributed by atoms with Crippen LogP contribution in [0.2, 0.25) is 5.15 Å². The maximum atomic E-state index is 13.4. The van der Waals surface area contributed by atoms with E-state index in [1.165, 1.54) is 12.1 Å². The van der Waals surface area contributed by atoms with E-state index >= 15 is 0 Å². The van der Waals surface area contributed by atoms with Gasteiger partial charge in [0.15, 0.2) is 5.03 Å². The minimum atomic E-state index is -4.33. The number of anilines is 1. The molecule has 9 nitrogen and oxygen atoms in total. The van der Waals surface area contributed by atoms with Crippen molar-refractivity contribution in [3.63, 3.8) is 0 Å². The lowest BCUT2D eigenvalue weighted by Gasteiger charge is -2.24. The van der Waals surface area contributed by atoms with E-state index in [4.69, 9.17) is 16.6 Å². The minimum absolute atomic E-state index is 0. The summed E-state index contributed by atoms with van der Waals surface area (Å²) in [6.07, 6.45) is 4.65. The summed E-state index contributed by atoms with van der Waals surface area (Å²) in [6, 6.07) is 15.6. The zero-order chi connectivity index (χ0) is 32.6. The zero-order valence-corrected chi connectivity index (χ0v) is 30.6. The summed E-state index contributed by atoms with van der Waals surface area (Å²) in [5.41, 5.74) is 3.57. The Hall–Kier alpha value is -3.02. The maximum Gasteiger partial charge on any atom is 0.281 e. The highest BCUT2D eigenvalue weighted by atomic mass is 35.5. The molecule has 2 atom stereocenters. The number of hydrogen-bond donors (Lipinski definition) is 3. The summed E-state index contributed by atoms with van der Waals surface area (Å²) >= 11 is 6.31. The molecule has 0 bridgehead atoms. The number of aryl methyl sites for hydroxylation is 1. The van der Waals surface area contributed by atoms with Gasteiger partial charge in [-0.15, -0.1) is 24.8 Å². The smallest absolute Gasteiger partial charge is 0.281 e. The number of sulfonamides is 1. The van der Waals surface area contributed by atoms with Gasteiger partial charge in [-0.2, -0.15) is 8.42 Å². The van der Waals surface area contributed by atoms with Crippen LogP contribution in [0.25, 0.3) is 10.9 Å². The van der Waals surface area contributed by atoms with Crippen molar-refractivity contribution in [3.8, 4) is 0 Å². The van der Waals surface area contributed by atoms with Gasteiger partial charge in [-0.3, -0.25) is 9.78 Å². The van der Waals surface area contributed by atoms with Crippen LogP contribution in [-0.4, -0.2) is 41.4 Å². The molecule has 1 fully saturated rings. The average Bonchev–Trinajstić information content (AvgIpc) is 3.33. The Balaban J connectivity index is 0.00000300. The van der Waals surface area contributed by atoms with Gasteiger partial charge in [0.25, 0.3) is 15.9 Å². The van der Waals surface area contributed by atoms with Crippen molar-refractivity contribution in [3.05, 3.63) is 88.3 Å². The fourth-order valence-electron chi connectivity index (χ4n) is 5.83. The minimum Gasteiger partial charge on any atom is -0.362 e. The second-order valence-corrected chi connectivity index (χ2v) is 15.6. The predicted octanol–water partition coefficient (Wildman–Crippen LogP) is 7.57. The van der Waals surface area contributed by atoms with Crippen LogP contribution in [0.3, 0.4) is 0 Å². The Morgan fingerprint density at radius 1 is 1.09 bits per heavy atom. The van der Waals surface area contributed by atoms with Crippen LogP contribution in [0, 0.1) is 12.8 Å². The first-order valence-corrected chi connectivity index (χ1v) is 17.1. The second kappa shape index (κ2) is 15.0. The van der Waals surface area contributed by atoms with Crippen LogP contribution in [-0.2, 0) is 15.4 Å². The second-order valence-electron chi connectivity index (χ2n) is 13.6. The summed E-state index contributed by atoms with van der Waals surface area (Å²) in [4.78, 5) is 26.6. The number of pyridine rings is 3. The molecule has 0 radical (unpaired) electrons. The zero-order valence-electron chi connectivity index (χ0n) is 27.4. The molecule has 0 saturated carbocycles. The number of halogens is 3. The van der Waals surface area contributed by atoms with Gasteiger partial charge in [-0.25, -0.2) is 14.7 Å². The van der Waals surface area contributed by atoms with Gasteiger partial charge >= 0.3 is 0 Å². The molecule has 0 spiro atoms. The van der Waals surface area contributed by atoms with E-state index in [2.05, 4.69) is 66.0 Å². The van der Waals surface area contributed by atoms with E-state index in [1.54, 1.807) is 18.2 Å². The number of aromatic nitrogens is 3. The van der Waals surface area contributed by atoms with E-state index in [1.807, 2.05) is 31.3 Å². The Morgan fingerprint density at radius 3 is 2.49 bits per heavy atom. The van der Waals surface area contributed by atoms with Crippen molar-refractivity contribution in [2.24, 2.45) is 5.92 Å². The van der Waals surface area contributed by atoms with Crippen molar-refractivity contribution < 1.29 is 13.2 Å².